The number of methoxy groups -OCH3 is 1. The highest BCUT2D eigenvalue weighted by Crippen LogP contribution is 2.34. The highest BCUT2D eigenvalue weighted by atomic mass is 16.6. The fourth-order valence-electron chi connectivity index (χ4n) is 1.68. The van der Waals surface area contributed by atoms with Gasteiger partial charge in [-0.1, -0.05) is 0 Å². The Morgan fingerprint density at radius 1 is 1.19 bits per heavy atom. The van der Waals surface area contributed by atoms with Gasteiger partial charge in [0.15, 0.2) is 11.5 Å². The largest absolute Gasteiger partial charge is 0.493 e. The molecule has 0 amide bonds. The summed E-state index contributed by atoms with van der Waals surface area (Å²) >= 11 is 0. The zero-order chi connectivity index (χ0) is 15.4. The van der Waals surface area contributed by atoms with Crippen LogP contribution in [-0.4, -0.2) is 17.9 Å². The van der Waals surface area contributed by atoms with E-state index < -0.39 is 4.92 Å². The Kier molecular flexibility index (Phi) is 4.03. The van der Waals surface area contributed by atoms with E-state index in [1.165, 1.54) is 25.3 Å². The van der Waals surface area contributed by atoms with Gasteiger partial charge in [-0.3, -0.25) is 15.5 Å². The van der Waals surface area contributed by atoms with Crippen molar-refractivity contribution in [2.24, 2.45) is 5.73 Å². The van der Waals surface area contributed by atoms with Crippen LogP contribution in [0.25, 0.3) is 0 Å². The molecule has 0 heterocycles. The van der Waals surface area contributed by atoms with Crippen LogP contribution in [0.1, 0.15) is 5.56 Å². The molecule has 2 aromatic carbocycles. The maximum Gasteiger partial charge on any atom is 0.273 e. The summed E-state index contributed by atoms with van der Waals surface area (Å²) in [5, 5.41) is 18.0. The third kappa shape index (κ3) is 3.27. The summed E-state index contributed by atoms with van der Waals surface area (Å²) in [5.74, 6) is 1.10. The number of benzene rings is 2. The summed E-state index contributed by atoms with van der Waals surface area (Å²) in [6.45, 7) is 0. The molecule has 0 aliphatic heterocycles. The van der Waals surface area contributed by atoms with Crippen molar-refractivity contribution in [3.63, 3.8) is 0 Å². The van der Waals surface area contributed by atoms with Gasteiger partial charge in [-0.2, -0.15) is 0 Å². The second-order valence-electron chi connectivity index (χ2n) is 4.13. The van der Waals surface area contributed by atoms with Crippen LogP contribution >= 0.6 is 0 Å². The van der Waals surface area contributed by atoms with Gasteiger partial charge >= 0.3 is 0 Å². The standard InChI is InChI=1S/C14H13N3O4/c1-20-13-8-10(17(18)19)4-7-12(13)21-11-5-2-9(3-6-11)14(15)16/h2-8H,1H3,(H3,15,16). The summed E-state index contributed by atoms with van der Waals surface area (Å²) in [7, 11) is 1.41. The van der Waals surface area contributed by atoms with Gasteiger partial charge in [0.1, 0.15) is 11.6 Å². The molecule has 0 aliphatic rings. The smallest absolute Gasteiger partial charge is 0.273 e. The molecular weight excluding hydrogens is 274 g/mol. The molecule has 0 aliphatic carbocycles. The van der Waals surface area contributed by atoms with Crippen molar-refractivity contribution in [3.05, 3.63) is 58.1 Å². The molecule has 2 aromatic rings. The topological polar surface area (TPSA) is 111 Å². The molecule has 21 heavy (non-hydrogen) atoms. The van der Waals surface area contributed by atoms with Gasteiger partial charge < -0.3 is 15.2 Å². The number of hydrogen-bond acceptors (Lipinski definition) is 5. The Morgan fingerprint density at radius 3 is 2.38 bits per heavy atom. The van der Waals surface area contributed by atoms with Gasteiger partial charge in [-0.25, -0.2) is 0 Å². The summed E-state index contributed by atoms with van der Waals surface area (Å²) in [4.78, 5) is 10.2. The highest BCUT2D eigenvalue weighted by Gasteiger charge is 2.13. The number of nitrogen functional groups attached to an aromatic ring is 1. The minimum atomic E-state index is -0.506. The molecule has 7 heteroatoms. The van der Waals surface area contributed by atoms with E-state index in [0.29, 0.717) is 17.1 Å². The van der Waals surface area contributed by atoms with Gasteiger partial charge in [0.2, 0.25) is 0 Å². The normalized spacial score (nSPS) is 9.95. The van der Waals surface area contributed by atoms with E-state index in [0.717, 1.165) is 0 Å². The summed E-state index contributed by atoms with van der Waals surface area (Å²) in [6, 6.07) is 10.7. The molecule has 0 radical (unpaired) electrons. The number of hydrogen-bond donors (Lipinski definition) is 2. The first kappa shape index (κ1) is 14.3. The number of nitro groups is 1. The fourth-order valence-corrected chi connectivity index (χ4v) is 1.68. The highest BCUT2D eigenvalue weighted by molar-refractivity contribution is 5.94. The van der Waals surface area contributed by atoms with Gasteiger partial charge in [0, 0.05) is 11.6 Å². The first-order valence-corrected chi connectivity index (χ1v) is 5.96. The van der Waals surface area contributed by atoms with E-state index in [9.17, 15) is 10.1 Å². The van der Waals surface area contributed by atoms with Crippen LogP contribution in [0, 0.1) is 15.5 Å². The monoisotopic (exact) mass is 287 g/mol. The SMILES string of the molecule is COc1cc([N+](=O)[O-])ccc1Oc1ccc(C(=N)N)cc1. The van der Waals surface area contributed by atoms with Crippen molar-refractivity contribution in [1.29, 1.82) is 5.41 Å². The third-order valence-electron chi connectivity index (χ3n) is 2.75. The van der Waals surface area contributed by atoms with Crippen molar-refractivity contribution < 1.29 is 14.4 Å². The predicted molar refractivity (Wildman–Crippen MR) is 77.2 cm³/mol. The van der Waals surface area contributed by atoms with E-state index in [-0.39, 0.29) is 17.3 Å². The zero-order valence-electron chi connectivity index (χ0n) is 11.2. The van der Waals surface area contributed by atoms with E-state index >= 15 is 0 Å². The Balaban J connectivity index is 2.26. The van der Waals surface area contributed by atoms with Gasteiger partial charge in [0.25, 0.3) is 5.69 Å². The number of nitrogens with two attached hydrogens (primary N) is 1. The second kappa shape index (κ2) is 5.91. The molecule has 0 saturated carbocycles. The Bertz CT molecular complexity index is 683. The molecule has 7 nitrogen and oxygen atoms in total. The van der Waals surface area contributed by atoms with E-state index in [4.69, 9.17) is 20.6 Å². The Hall–Kier alpha value is -3.09. The lowest BCUT2D eigenvalue weighted by molar-refractivity contribution is -0.384. The number of rotatable bonds is 5. The van der Waals surface area contributed by atoms with E-state index in [1.54, 1.807) is 24.3 Å². The summed E-state index contributed by atoms with van der Waals surface area (Å²) in [5.41, 5.74) is 5.87. The molecule has 0 aromatic heterocycles. The summed E-state index contributed by atoms with van der Waals surface area (Å²) in [6.07, 6.45) is 0. The average Bonchev–Trinajstić information content (AvgIpc) is 2.48. The molecular formula is C14H13N3O4. The van der Waals surface area contributed by atoms with Crippen molar-refractivity contribution in [2.75, 3.05) is 7.11 Å². The third-order valence-corrected chi connectivity index (χ3v) is 2.75. The molecule has 108 valence electrons. The van der Waals surface area contributed by atoms with Crippen LogP contribution in [0.15, 0.2) is 42.5 Å². The van der Waals surface area contributed by atoms with Gasteiger partial charge in [-0.05, 0) is 30.3 Å². The first-order valence-electron chi connectivity index (χ1n) is 5.96. The lowest BCUT2D eigenvalue weighted by Gasteiger charge is -2.10. The number of amidine groups is 1. The minimum Gasteiger partial charge on any atom is -0.493 e. The average molecular weight is 287 g/mol. The number of nitrogens with zero attached hydrogens (tertiary/aromatic N) is 1. The quantitative estimate of drug-likeness (QED) is 0.380. The van der Waals surface area contributed by atoms with E-state index in [2.05, 4.69) is 0 Å². The van der Waals surface area contributed by atoms with E-state index in [1.807, 2.05) is 0 Å². The maximum atomic E-state index is 10.7. The lowest BCUT2D eigenvalue weighted by atomic mass is 10.2. The van der Waals surface area contributed by atoms with Crippen molar-refractivity contribution >= 4 is 11.5 Å². The molecule has 0 saturated heterocycles. The Morgan fingerprint density at radius 2 is 1.86 bits per heavy atom. The van der Waals surface area contributed by atoms with Crippen molar-refractivity contribution in [1.82, 2.24) is 0 Å². The lowest BCUT2D eigenvalue weighted by Crippen LogP contribution is -2.10. The fraction of sp³-hybridized carbons (Fsp3) is 0.0714. The van der Waals surface area contributed by atoms with Gasteiger partial charge in [0.05, 0.1) is 18.1 Å². The van der Waals surface area contributed by atoms with Crippen LogP contribution < -0.4 is 15.2 Å². The van der Waals surface area contributed by atoms with Crippen LogP contribution in [0.3, 0.4) is 0 Å². The Labute approximate surface area is 120 Å². The first-order chi connectivity index (χ1) is 10.0. The molecule has 0 fully saturated rings. The van der Waals surface area contributed by atoms with Crippen LogP contribution in [-0.2, 0) is 0 Å². The van der Waals surface area contributed by atoms with Crippen LogP contribution in [0.2, 0.25) is 0 Å². The van der Waals surface area contributed by atoms with Crippen molar-refractivity contribution in [3.8, 4) is 17.2 Å². The molecule has 0 unspecified atom stereocenters. The second-order valence-corrected chi connectivity index (χ2v) is 4.13. The number of non-ortho nitro benzene ring substituents is 1. The number of nitro benzene ring substituents is 1. The predicted octanol–water partition coefficient (Wildman–Crippen LogP) is 2.68. The molecule has 0 spiro atoms. The maximum absolute atomic E-state index is 10.7. The zero-order valence-corrected chi connectivity index (χ0v) is 11.2. The van der Waals surface area contributed by atoms with Crippen LogP contribution in [0.5, 0.6) is 17.2 Å². The molecule has 2 rings (SSSR count). The molecule has 0 bridgehead atoms. The van der Waals surface area contributed by atoms with Crippen LogP contribution in [0.4, 0.5) is 5.69 Å². The number of nitrogens with one attached hydrogen (secondary N) is 1. The van der Waals surface area contributed by atoms with Crippen molar-refractivity contribution in [2.45, 2.75) is 0 Å². The molecule has 3 N–H and O–H groups in total. The molecule has 0 atom stereocenters. The van der Waals surface area contributed by atoms with Gasteiger partial charge in [-0.15, -0.1) is 0 Å². The minimum absolute atomic E-state index is 0.0329. The summed E-state index contributed by atoms with van der Waals surface area (Å²) < 4.78 is 10.7. The number of ether oxygens (including phenoxy) is 2.